The highest BCUT2D eigenvalue weighted by Gasteiger charge is 2.38. The first-order valence-corrected chi connectivity index (χ1v) is 12.9. The van der Waals surface area contributed by atoms with Gasteiger partial charge in [-0.25, -0.2) is 9.78 Å². The third kappa shape index (κ3) is 6.94. The second-order valence-corrected chi connectivity index (χ2v) is 9.56. The third-order valence-corrected chi connectivity index (χ3v) is 6.60. The number of fused-ring (bicyclic) bond motifs is 1. The molecule has 1 aliphatic rings. The number of hydrogen-bond donors (Lipinski definition) is 3. The van der Waals surface area contributed by atoms with Crippen molar-refractivity contribution in [2.45, 2.75) is 26.1 Å². The van der Waals surface area contributed by atoms with Crippen molar-refractivity contribution in [1.29, 1.82) is 0 Å². The smallest absolute Gasteiger partial charge is 0.475 e. The van der Waals surface area contributed by atoms with Gasteiger partial charge in [-0.1, -0.05) is 23.7 Å². The van der Waals surface area contributed by atoms with Crippen molar-refractivity contribution < 1.29 is 27.9 Å². The minimum absolute atomic E-state index is 0.149. The summed E-state index contributed by atoms with van der Waals surface area (Å²) in [7, 11) is 3.72. The van der Waals surface area contributed by atoms with Gasteiger partial charge in [0.15, 0.2) is 0 Å². The molecule has 15 heteroatoms. The largest absolute Gasteiger partial charge is 0.490 e. The van der Waals surface area contributed by atoms with Gasteiger partial charge in [0.25, 0.3) is 5.91 Å². The summed E-state index contributed by atoms with van der Waals surface area (Å²) in [6.07, 6.45) is -0.646. The molecule has 42 heavy (non-hydrogen) atoms. The lowest BCUT2D eigenvalue weighted by Crippen LogP contribution is -2.23. The van der Waals surface area contributed by atoms with E-state index in [1.54, 1.807) is 13.2 Å². The Kier molecular flexibility index (Phi) is 8.95. The fourth-order valence-corrected chi connectivity index (χ4v) is 4.45. The minimum Gasteiger partial charge on any atom is -0.475 e. The molecule has 0 saturated carbocycles. The number of aryl methyl sites for hydroxylation is 2. The molecular formula is C27H26ClF3N8O3. The van der Waals surface area contributed by atoms with Crippen LogP contribution in [0, 0.1) is 6.92 Å². The zero-order chi connectivity index (χ0) is 30.6. The highest BCUT2D eigenvalue weighted by Crippen LogP contribution is 2.33. The Morgan fingerprint density at radius 1 is 1.12 bits per heavy atom. The summed E-state index contributed by atoms with van der Waals surface area (Å²) in [6.45, 7) is 2.92. The number of benzene rings is 2. The normalized spacial score (nSPS) is 12.3. The number of carbonyl (C=O) groups is 2. The number of carboxylic acid groups (broad SMARTS) is 1. The Hall–Kier alpha value is -4.72. The Bertz CT molecular complexity index is 1630. The van der Waals surface area contributed by atoms with Crippen LogP contribution in [0.1, 0.15) is 27.3 Å². The van der Waals surface area contributed by atoms with Gasteiger partial charge in [-0.05, 0) is 48.7 Å². The Morgan fingerprint density at radius 2 is 1.86 bits per heavy atom. The standard InChI is InChI=1S/C25H25ClN8O.C2HF3O2/c1-15-30-24(27-2)32-25(31-15)34-10-8-16-12-18(6-7-21(16)34)23(35)29-14-19-5-4-17(13-20(19)26)22-28-9-11-33(22)3;3-2(4,5)1(6)7/h4-7,9,11-13H,8,10,14H2,1-3H3,(H,29,35)(H,27,30,31,32);(H,6,7). The Labute approximate surface area is 243 Å². The first-order valence-electron chi connectivity index (χ1n) is 12.5. The van der Waals surface area contributed by atoms with Gasteiger partial charge in [0.1, 0.15) is 11.6 Å². The van der Waals surface area contributed by atoms with E-state index in [0.29, 0.717) is 34.9 Å². The number of nitrogens with one attached hydrogen (secondary N) is 2. The van der Waals surface area contributed by atoms with E-state index in [-0.39, 0.29) is 5.91 Å². The van der Waals surface area contributed by atoms with Crippen LogP contribution in [0.3, 0.4) is 0 Å². The summed E-state index contributed by atoms with van der Waals surface area (Å²) in [5, 5.41) is 13.7. The zero-order valence-corrected chi connectivity index (χ0v) is 23.5. The summed E-state index contributed by atoms with van der Waals surface area (Å²) >= 11 is 6.50. The van der Waals surface area contributed by atoms with Gasteiger partial charge < -0.3 is 25.2 Å². The van der Waals surface area contributed by atoms with Crippen molar-refractivity contribution >= 4 is 41.1 Å². The number of nitrogens with zero attached hydrogens (tertiary/aromatic N) is 6. The van der Waals surface area contributed by atoms with Crippen LogP contribution >= 0.6 is 11.6 Å². The quantitative estimate of drug-likeness (QED) is 0.290. The molecule has 1 aliphatic heterocycles. The minimum atomic E-state index is -5.08. The van der Waals surface area contributed by atoms with E-state index in [1.165, 1.54) is 0 Å². The number of aliphatic carboxylic acids is 1. The van der Waals surface area contributed by atoms with Crippen molar-refractivity contribution in [3.63, 3.8) is 0 Å². The van der Waals surface area contributed by atoms with Crippen molar-refractivity contribution in [3.8, 4) is 11.4 Å². The topological polar surface area (TPSA) is 138 Å². The number of hydrogen-bond acceptors (Lipinski definition) is 8. The maximum absolute atomic E-state index is 12.9. The molecule has 5 rings (SSSR count). The lowest BCUT2D eigenvalue weighted by Gasteiger charge is -2.18. The second kappa shape index (κ2) is 12.4. The van der Waals surface area contributed by atoms with Gasteiger partial charge in [0.2, 0.25) is 11.9 Å². The molecule has 0 atom stereocenters. The molecule has 0 saturated heterocycles. The molecule has 11 nitrogen and oxygen atoms in total. The first-order chi connectivity index (χ1) is 19.9. The summed E-state index contributed by atoms with van der Waals surface area (Å²) in [5.41, 5.74) is 4.46. The monoisotopic (exact) mass is 602 g/mol. The molecule has 0 radical (unpaired) electrons. The number of rotatable bonds is 6. The molecule has 220 valence electrons. The van der Waals surface area contributed by atoms with Crippen LogP contribution in [0.2, 0.25) is 5.02 Å². The van der Waals surface area contributed by atoms with E-state index >= 15 is 0 Å². The van der Waals surface area contributed by atoms with Gasteiger partial charge in [0.05, 0.1) is 0 Å². The van der Waals surface area contributed by atoms with E-state index in [0.717, 1.165) is 41.2 Å². The number of alkyl halides is 3. The molecule has 0 unspecified atom stereocenters. The van der Waals surface area contributed by atoms with E-state index in [1.807, 2.05) is 61.1 Å². The van der Waals surface area contributed by atoms with E-state index in [9.17, 15) is 18.0 Å². The van der Waals surface area contributed by atoms with E-state index < -0.39 is 12.1 Å². The fraction of sp³-hybridized carbons (Fsp3) is 0.259. The van der Waals surface area contributed by atoms with Gasteiger partial charge >= 0.3 is 12.1 Å². The van der Waals surface area contributed by atoms with Crippen LogP contribution < -0.4 is 15.5 Å². The molecule has 2 aromatic carbocycles. The highest BCUT2D eigenvalue weighted by molar-refractivity contribution is 6.31. The number of carbonyl (C=O) groups excluding carboxylic acids is 1. The van der Waals surface area contributed by atoms with Crippen LogP contribution in [0.5, 0.6) is 0 Å². The Morgan fingerprint density at radius 3 is 2.48 bits per heavy atom. The molecule has 4 aromatic rings. The number of amides is 1. The molecular weight excluding hydrogens is 577 g/mol. The van der Waals surface area contributed by atoms with Crippen LogP contribution in [0.4, 0.5) is 30.8 Å². The van der Waals surface area contributed by atoms with Gasteiger partial charge in [-0.3, -0.25) is 4.79 Å². The molecule has 3 heterocycles. The van der Waals surface area contributed by atoms with Gasteiger partial charge in [0, 0.05) is 61.4 Å². The summed E-state index contributed by atoms with van der Waals surface area (Å²) in [6, 6.07) is 11.5. The van der Waals surface area contributed by atoms with Gasteiger partial charge in [-0.15, -0.1) is 0 Å². The molecule has 0 spiro atoms. The molecule has 2 aromatic heterocycles. The van der Waals surface area contributed by atoms with Crippen LogP contribution in [0.15, 0.2) is 48.8 Å². The van der Waals surface area contributed by atoms with Crippen molar-refractivity contribution in [3.05, 3.63) is 76.3 Å². The number of carboxylic acids is 1. The van der Waals surface area contributed by atoms with Crippen LogP contribution in [-0.4, -0.2) is 61.3 Å². The van der Waals surface area contributed by atoms with Crippen LogP contribution in [-0.2, 0) is 24.8 Å². The maximum Gasteiger partial charge on any atom is 0.490 e. The van der Waals surface area contributed by atoms with E-state index in [2.05, 4.69) is 35.5 Å². The van der Waals surface area contributed by atoms with E-state index in [4.69, 9.17) is 21.5 Å². The van der Waals surface area contributed by atoms with Gasteiger partial charge in [-0.2, -0.15) is 28.1 Å². The molecule has 0 bridgehead atoms. The average molecular weight is 603 g/mol. The first kappa shape index (κ1) is 30.2. The lowest BCUT2D eigenvalue weighted by molar-refractivity contribution is -0.192. The maximum atomic E-state index is 12.9. The number of aromatic nitrogens is 5. The third-order valence-electron chi connectivity index (χ3n) is 6.25. The van der Waals surface area contributed by atoms with Crippen molar-refractivity contribution in [2.75, 3.05) is 23.8 Å². The highest BCUT2D eigenvalue weighted by atomic mass is 35.5. The predicted molar refractivity (Wildman–Crippen MR) is 150 cm³/mol. The fourth-order valence-electron chi connectivity index (χ4n) is 4.20. The average Bonchev–Trinajstić information content (AvgIpc) is 3.57. The van der Waals surface area contributed by atoms with Crippen molar-refractivity contribution in [1.82, 2.24) is 29.8 Å². The molecule has 0 fully saturated rings. The number of anilines is 3. The zero-order valence-electron chi connectivity index (χ0n) is 22.7. The summed E-state index contributed by atoms with van der Waals surface area (Å²) in [4.78, 5) is 41.4. The number of halogens is 4. The second-order valence-electron chi connectivity index (χ2n) is 9.15. The van der Waals surface area contributed by atoms with Crippen LogP contribution in [0.25, 0.3) is 11.4 Å². The SMILES string of the molecule is CNc1nc(C)nc(N2CCc3cc(C(=O)NCc4ccc(-c5nccn5C)cc4Cl)ccc32)n1.O=C(O)C(F)(F)F. The molecule has 0 aliphatic carbocycles. The summed E-state index contributed by atoms with van der Waals surface area (Å²) < 4.78 is 33.7. The predicted octanol–water partition coefficient (Wildman–Crippen LogP) is 4.53. The molecule has 3 N–H and O–H groups in total. The summed E-state index contributed by atoms with van der Waals surface area (Å²) in [5.74, 6) is -0.291. The lowest BCUT2D eigenvalue weighted by atomic mass is 10.1. The van der Waals surface area contributed by atoms with Crippen molar-refractivity contribution in [2.24, 2.45) is 7.05 Å². The number of imidazole rings is 1. The Balaban J connectivity index is 0.000000517. The molecule has 1 amide bonds.